The van der Waals surface area contributed by atoms with Gasteiger partial charge in [0, 0.05) is 12.6 Å². The number of benzene rings is 1. The Labute approximate surface area is 105 Å². The first-order valence-corrected chi connectivity index (χ1v) is 5.79. The molecule has 3 N–H and O–H groups in total. The van der Waals surface area contributed by atoms with Gasteiger partial charge < -0.3 is 11.1 Å². The standard InChI is InChI=1S/C13H18F2N2O/c1-4-13(2,3)7-17-12(18)8-5-11(16)10(15)6-9(8)14/h5-6H,4,7,16H2,1-3H3,(H,17,18). The van der Waals surface area contributed by atoms with Crippen LogP contribution >= 0.6 is 0 Å². The molecule has 0 radical (unpaired) electrons. The average Bonchev–Trinajstić information content (AvgIpc) is 2.31. The molecule has 1 aromatic rings. The van der Waals surface area contributed by atoms with Crippen molar-refractivity contribution in [3.8, 4) is 0 Å². The quantitative estimate of drug-likeness (QED) is 0.814. The topological polar surface area (TPSA) is 55.1 Å². The summed E-state index contributed by atoms with van der Waals surface area (Å²) in [7, 11) is 0. The van der Waals surface area contributed by atoms with Crippen LogP contribution in [0.5, 0.6) is 0 Å². The Morgan fingerprint density at radius 1 is 1.33 bits per heavy atom. The SMILES string of the molecule is CCC(C)(C)CNC(=O)c1cc(N)c(F)cc1F. The molecule has 18 heavy (non-hydrogen) atoms. The molecule has 0 aromatic heterocycles. The van der Waals surface area contributed by atoms with Crippen LogP contribution in [0.25, 0.3) is 0 Å². The first-order valence-electron chi connectivity index (χ1n) is 5.79. The highest BCUT2D eigenvalue weighted by atomic mass is 19.1. The van der Waals surface area contributed by atoms with Gasteiger partial charge in [-0.2, -0.15) is 0 Å². The number of carbonyl (C=O) groups excluding carboxylic acids is 1. The second-order valence-corrected chi connectivity index (χ2v) is 5.05. The zero-order valence-corrected chi connectivity index (χ0v) is 10.8. The van der Waals surface area contributed by atoms with E-state index in [0.29, 0.717) is 12.6 Å². The number of amides is 1. The van der Waals surface area contributed by atoms with Crippen LogP contribution in [0.3, 0.4) is 0 Å². The van der Waals surface area contributed by atoms with Gasteiger partial charge in [0.2, 0.25) is 0 Å². The third-order valence-electron chi connectivity index (χ3n) is 3.02. The third-order valence-corrected chi connectivity index (χ3v) is 3.02. The molecule has 0 aliphatic carbocycles. The van der Waals surface area contributed by atoms with E-state index in [4.69, 9.17) is 5.73 Å². The Hall–Kier alpha value is -1.65. The lowest BCUT2D eigenvalue weighted by atomic mass is 9.90. The summed E-state index contributed by atoms with van der Waals surface area (Å²) in [5.41, 5.74) is 4.77. The van der Waals surface area contributed by atoms with Gasteiger partial charge in [0.25, 0.3) is 5.91 Å². The van der Waals surface area contributed by atoms with Gasteiger partial charge in [0.15, 0.2) is 0 Å². The van der Waals surface area contributed by atoms with Crippen LogP contribution < -0.4 is 11.1 Å². The number of hydrogen-bond acceptors (Lipinski definition) is 2. The highest BCUT2D eigenvalue weighted by Crippen LogP contribution is 2.19. The molecule has 1 amide bonds. The number of anilines is 1. The third kappa shape index (κ3) is 3.42. The lowest BCUT2D eigenvalue weighted by molar-refractivity contribution is 0.0931. The molecule has 0 saturated carbocycles. The van der Waals surface area contributed by atoms with Crippen LogP contribution in [0.1, 0.15) is 37.6 Å². The Morgan fingerprint density at radius 3 is 2.50 bits per heavy atom. The number of nitrogens with one attached hydrogen (secondary N) is 1. The monoisotopic (exact) mass is 256 g/mol. The molecule has 0 fully saturated rings. The van der Waals surface area contributed by atoms with Crippen LogP contribution in [0.2, 0.25) is 0 Å². The zero-order valence-electron chi connectivity index (χ0n) is 10.8. The van der Waals surface area contributed by atoms with E-state index < -0.39 is 17.5 Å². The number of nitrogens with two attached hydrogens (primary N) is 1. The van der Waals surface area contributed by atoms with Crippen LogP contribution in [-0.4, -0.2) is 12.5 Å². The molecule has 0 saturated heterocycles. The van der Waals surface area contributed by atoms with E-state index in [9.17, 15) is 13.6 Å². The van der Waals surface area contributed by atoms with Crippen LogP contribution in [0.15, 0.2) is 12.1 Å². The van der Waals surface area contributed by atoms with E-state index in [2.05, 4.69) is 5.32 Å². The van der Waals surface area contributed by atoms with Gasteiger partial charge in [-0.3, -0.25) is 4.79 Å². The predicted molar refractivity (Wildman–Crippen MR) is 67.2 cm³/mol. The summed E-state index contributed by atoms with van der Waals surface area (Å²) in [5.74, 6) is -2.35. The summed E-state index contributed by atoms with van der Waals surface area (Å²) in [6, 6.07) is 1.63. The van der Waals surface area contributed by atoms with Gasteiger partial charge in [0.05, 0.1) is 11.3 Å². The van der Waals surface area contributed by atoms with Crippen LogP contribution in [0.4, 0.5) is 14.5 Å². The highest BCUT2D eigenvalue weighted by Gasteiger charge is 2.19. The lowest BCUT2D eigenvalue weighted by Crippen LogP contribution is -2.34. The molecule has 1 rings (SSSR count). The molecular weight excluding hydrogens is 238 g/mol. The minimum atomic E-state index is -0.909. The van der Waals surface area contributed by atoms with Gasteiger partial charge in [0.1, 0.15) is 11.6 Å². The van der Waals surface area contributed by atoms with E-state index in [0.717, 1.165) is 12.5 Å². The molecule has 0 heterocycles. The Bertz CT molecular complexity index is 459. The van der Waals surface area contributed by atoms with E-state index >= 15 is 0 Å². The lowest BCUT2D eigenvalue weighted by Gasteiger charge is -2.22. The van der Waals surface area contributed by atoms with Crippen LogP contribution in [0, 0.1) is 17.0 Å². The summed E-state index contributed by atoms with van der Waals surface area (Å²) < 4.78 is 26.4. The van der Waals surface area contributed by atoms with Crippen molar-refractivity contribution < 1.29 is 13.6 Å². The number of carbonyl (C=O) groups is 1. The second kappa shape index (κ2) is 5.33. The van der Waals surface area contributed by atoms with Crippen molar-refractivity contribution in [3.05, 3.63) is 29.3 Å². The Balaban J connectivity index is 2.82. The van der Waals surface area contributed by atoms with Crippen molar-refractivity contribution in [1.29, 1.82) is 0 Å². The summed E-state index contributed by atoms with van der Waals surface area (Å²) >= 11 is 0. The molecule has 3 nitrogen and oxygen atoms in total. The van der Waals surface area contributed by atoms with Gasteiger partial charge in [-0.05, 0) is 17.9 Å². The number of hydrogen-bond donors (Lipinski definition) is 2. The molecule has 100 valence electrons. The summed E-state index contributed by atoms with van der Waals surface area (Å²) in [6.45, 7) is 6.40. The number of halogens is 2. The van der Waals surface area contributed by atoms with Gasteiger partial charge in [-0.15, -0.1) is 0 Å². The average molecular weight is 256 g/mol. The zero-order chi connectivity index (χ0) is 13.9. The van der Waals surface area contributed by atoms with E-state index in [1.807, 2.05) is 20.8 Å². The van der Waals surface area contributed by atoms with Crippen molar-refractivity contribution in [2.45, 2.75) is 27.2 Å². The van der Waals surface area contributed by atoms with Gasteiger partial charge in [-0.25, -0.2) is 8.78 Å². The highest BCUT2D eigenvalue weighted by molar-refractivity contribution is 5.95. The fourth-order valence-electron chi connectivity index (χ4n) is 1.28. The maximum atomic E-state index is 13.4. The normalized spacial score (nSPS) is 11.4. The Kier molecular flexibility index (Phi) is 4.27. The van der Waals surface area contributed by atoms with Crippen molar-refractivity contribution in [3.63, 3.8) is 0 Å². The number of rotatable bonds is 4. The molecule has 0 spiro atoms. The van der Waals surface area contributed by atoms with E-state index in [-0.39, 0.29) is 16.7 Å². The van der Waals surface area contributed by atoms with Gasteiger partial charge >= 0.3 is 0 Å². The van der Waals surface area contributed by atoms with Crippen molar-refractivity contribution in [1.82, 2.24) is 5.32 Å². The molecule has 5 heteroatoms. The summed E-state index contributed by atoms with van der Waals surface area (Å²) in [6.07, 6.45) is 0.876. The molecule has 0 aliphatic heterocycles. The molecule has 1 aromatic carbocycles. The minimum absolute atomic E-state index is 0.0717. The predicted octanol–water partition coefficient (Wildman–Crippen LogP) is 2.71. The molecule has 0 unspecified atom stereocenters. The second-order valence-electron chi connectivity index (χ2n) is 5.05. The molecule has 0 bridgehead atoms. The summed E-state index contributed by atoms with van der Waals surface area (Å²) in [4.78, 5) is 11.8. The van der Waals surface area contributed by atoms with Crippen molar-refractivity contribution in [2.24, 2.45) is 5.41 Å². The van der Waals surface area contributed by atoms with Gasteiger partial charge in [-0.1, -0.05) is 20.8 Å². The first kappa shape index (κ1) is 14.4. The fraction of sp³-hybridized carbons (Fsp3) is 0.462. The maximum absolute atomic E-state index is 13.4. The van der Waals surface area contributed by atoms with E-state index in [1.165, 1.54) is 0 Å². The largest absolute Gasteiger partial charge is 0.396 e. The molecule has 0 aliphatic rings. The maximum Gasteiger partial charge on any atom is 0.254 e. The van der Waals surface area contributed by atoms with Crippen molar-refractivity contribution in [2.75, 3.05) is 12.3 Å². The number of nitrogen functional groups attached to an aromatic ring is 1. The van der Waals surface area contributed by atoms with Crippen LogP contribution in [-0.2, 0) is 0 Å². The van der Waals surface area contributed by atoms with Crippen molar-refractivity contribution >= 4 is 11.6 Å². The fourth-order valence-corrected chi connectivity index (χ4v) is 1.28. The Morgan fingerprint density at radius 2 is 1.94 bits per heavy atom. The molecular formula is C13H18F2N2O. The first-order chi connectivity index (χ1) is 8.26. The molecule has 0 atom stereocenters. The smallest absolute Gasteiger partial charge is 0.254 e. The van der Waals surface area contributed by atoms with E-state index in [1.54, 1.807) is 0 Å². The summed E-state index contributed by atoms with van der Waals surface area (Å²) in [5, 5.41) is 2.62. The minimum Gasteiger partial charge on any atom is -0.396 e.